The van der Waals surface area contributed by atoms with Gasteiger partial charge in [-0.2, -0.15) is 10.2 Å². The van der Waals surface area contributed by atoms with Gasteiger partial charge in [0.15, 0.2) is 0 Å². The average molecular weight is 441 g/mol. The molecule has 0 radical (unpaired) electrons. The fraction of sp³-hybridized carbons (Fsp3) is 0.200. The number of benzene rings is 2. The van der Waals surface area contributed by atoms with Crippen LogP contribution in [0.4, 0.5) is 0 Å². The molecule has 4 aromatic rings. The van der Waals surface area contributed by atoms with Crippen LogP contribution < -0.4 is 16.4 Å². The number of nitrogens with zero attached hydrogens (tertiary/aromatic N) is 3. The van der Waals surface area contributed by atoms with E-state index in [0.717, 1.165) is 37.0 Å². The number of hydrazone groups is 1. The highest BCUT2D eigenvalue weighted by molar-refractivity contribution is 5.91. The van der Waals surface area contributed by atoms with Crippen LogP contribution in [0, 0.1) is 5.92 Å². The van der Waals surface area contributed by atoms with Crippen molar-refractivity contribution in [1.29, 1.82) is 0 Å². The minimum absolute atomic E-state index is 0.0533. The van der Waals surface area contributed by atoms with Gasteiger partial charge in [0.05, 0.1) is 17.5 Å². The summed E-state index contributed by atoms with van der Waals surface area (Å²) < 4.78 is 7.19. The minimum Gasteiger partial charge on any atom is -0.422 e. The van der Waals surface area contributed by atoms with Crippen LogP contribution in [-0.2, 0) is 4.79 Å². The molecule has 0 aliphatic carbocycles. The summed E-state index contributed by atoms with van der Waals surface area (Å²) in [4.78, 5) is 25.2. The fourth-order valence-corrected chi connectivity index (χ4v) is 3.97. The SMILES string of the molecule is O=C(N/N=C/c1cn(-c2ccccc2)nc1-c1cc2ccccc2oc1=O)C1CCNCC1. The molecule has 1 aliphatic rings. The Morgan fingerprint density at radius 3 is 2.70 bits per heavy atom. The minimum atomic E-state index is -0.486. The molecule has 0 bridgehead atoms. The lowest BCUT2D eigenvalue weighted by atomic mass is 9.98. The molecular formula is C25H23N5O3. The third-order valence-corrected chi connectivity index (χ3v) is 5.75. The van der Waals surface area contributed by atoms with Gasteiger partial charge in [0, 0.05) is 23.1 Å². The predicted octanol–water partition coefficient (Wildman–Crippen LogP) is 3.10. The summed E-state index contributed by atoms with van der Waals surface area (Å²) in [7, 11) is 0. The number of hydrogen-bond acceptors (Lipinski definition) is 6. The molecule has 5 rings (SSSR count). The second kappa shape index (κ2) is 9.22. The first-order valence-corrected chi connectivity index (χ1v) is 10.9. The number of piperidine rings is 1. The maximum absolute atomic E-state index is 12.8. The highest BCUT2D eigenvalue weighted by Crippen LogP contribution is 2.23. The second-order valence-corrected chi connectivity index (χ2v) is 7.96. The molecule has 2 N–H and O–H groups in total. The average Bonchev–Trinajstić information content (AvgIpc) is 3.28. The molecule has 1 amide bonds. The molecule has 8 nitrogen and oxygen atoms in total. The summed E-state index contributed by atoms with van der Waals surface area (Å²) in [6.07, 6.45) is 4.88. The number of nitrogens with one attached hydrogen (secondary N) is 2. The van der Waals surface area contributed by atoms with E-state index < -0.39 is 5.63 Å². The Hall–Kier alpha value is -4.04. The summed E-state index contributed by atoms with van der Waals surface area (Å²) in [5.74, 6) is -0.155. The summed E-state index contributed by atoms with van der Waals surface area (Å²) >= 11 is 0. The zero-order chi connectivity index (χ0) is 22.6. The maximum Gasteiger partial charge on any atom is 0.345 e. The van der Waals surface area contributed by atoms with E-state index in [0.29, 0.717) is 22.4 Å². The molecule has 1 fully saturated rings. The lowest BCUT2D eigenvalue weighted by molar-refractivity contribution is -0.125. The van der Waals surface area contributed by atoms with Crippen LogP contribution in [0.25, 0.3) is 27.9 Å². The summed E-state index contributed by atoms with van der Waals surface area (Å²) in [5.41, 5.74) is 4.85. The second-order valence-electron chi connectivity index (χ2n) is 7.96. The van der Waals surface area contributed by atoms with Gasteiger partial charge in [0.2, 0.25) is 5.91 Å². The van der Waals surface area contributed by atoms with Crippen LogP contribution in [0.3, 0.4) is 0 Å². The van der Waals surface area contributed by atoms with Crippen molar-refractivity contribution < 1.29 is 9.21 Å². The van der Waals surface area contributed by atoms with Crippen LogP contribution in [0.15, 0.2) is 81.2 Å². The third-order valence-electron chi connectivity index (χ3n) is 5.75. The summed E-state index contributed by atoms with van der Waals surface area (Å²) in [6.45, 7) is 1.65. The molecule has 1 saturated heterocycles. The molecule has 0 atom stereocenters. The smallest absolute Gasteiger partial charge is 0.345 e. The van der Waals surface area contributed by atoms with E-state index in [1.807, 2.05) is 48.5 Å². The van der Waals surface area contributed by atoms with Crippen LogP contribution in [-0.4, -0.2) is 35.0 Å². The molecule has 0 spiro atoms. The number of para-hydroxylation sites is 2. The third kappa shape index (κ3) is 4.47. The number of rotatable bonds is 5. The lowest BCUT2D eigenvalue weighted by Crippen LogP contribution is -2.36. The number of carbonyl (C=O) groups is 1. The van der Waals surface area contributed by atoms with Crippen LogP contribution in [0.5, 0.6) is 0 Å². The first-order valence-electron chi connectivity index (χ1n) is 10.9. The molecule has 33 heavy (non-hydrogen) atoms. The molecule has 2 aromatic heterocycles. The molecule has 0 saturated carbocycles. The molecule has 8 heteroatoms. The van der Waals surface area contributed by atoms with Gasteiger partial charge in [0.25, 0.3) is 0 Å². The number of aromatic nitrogens is 2. The van der Waals surface area contributed by atoms with Gasteiger partial charge in [-0.05, 0) is 50.2 Å². The van der Waals surface area contributed by atoms with Crippen LogP contribution >= 0.6 is 0 Å². The van der Waals surface area contributed by atoms with E-state index in [-0.39, 0.29) is 11.8 Å². The molecule has 166 valence electrons. The molecule has 0 unspecified atom stereocenters. The normalized spacial score (nSPS) is 14.7. The van der Waals surface area contributed by atoms with Gasteiger partial charge >= 0.3 is 5.63 Å². The Labute approximate surface area is 189 Å². The van der Waals surface area contributed by atoms with E-state index in [1.165, 1.54) is 6.21 Å². The monoisotopic (exact) mass is 441 g/mol. The Morgan fingerprint density at radius 2 is 1.88 bits per heavy atom. The lowest BCUT2D eigenvalue weighted by Gasteiger charge is -2.20. The molecule has 1 aliphatic heterocycles. The largest absolute Gasteiger partial charge is 0.422 e. The van der Waals surface area contributed by atoms with E-state index in [4.69, 9.17) is 4.42 Å². The molecule has 2 aromatic carbocycles. The van der Waals surface area contributed by atoms with Gasteiger partial charge in [0.1, 0.15) is 11.3 Å². The van der Waals surface area contributed by atoms with Crippen molar-refractivity contribution in [2.75, 3.05) is 13.1 Å². The quantitative estimate of drug-likeness (QED) is 0.282. The predicted molar refractivity (Wildman–Crippen MR) is 126 cm³/mol. The zero-order valence-corrected chi connectivity index (χ0v) is 17.9. The van der Waals surface area contributed by atoms with Crippen molar-refractivity contribution in [2.24, 2.45) is 11.0 Å². The Kier molecular flexibility index (Phi) is 5.82. The van der Waals surface area contributed by atoms with Crippen molar-refractivity contribution in [2.45, 2.75) is 12.8 Å². The first kappa shape index (κ1) is 20.8. The summed E-state index contributed by atoms with van der Waals surface area (Å²) in [6, 6.07) is 18.7. The van der Waals surface area contributed by atoms with E-state index in [1.54, 1.807) is 23.0 Å². The molecular weight excluding hydrogens is 418 g/mol. The van der Waals surface area contributed by atoms with Crippen molar-refractivity contribution >= 4 is 23.1 Å². The zero-order valence-electron chi connectivity index (χ0n) is 17.9. The van der Waals surface area contributed by atoms with Gasteiger partial charge in [-0.25, -0.2) is 14.9 Å². The number of carbonyl (C=O) groups excluding carboxylic acids is 1. The van der Waals surface area contributed by atoms with Gasteiger partial charge in [-0.3, -0.25) is 4.79 Å². The fourth-order valence-electron chi connectivity index (χ4n) is 3.97. The Morgan fingerprint density at radius 1 is 1.12 bits per heavy atom. The Bertz CT molecular complexity index is 1370. The first-order chi connectivity index (χ1) is 16.2. The number of amides is 1. The van der Waals surface area contributed by atoms with Crippen molar-refractivity contribution in [3.05, 3.63) is 82.8 Å². The highest BCUT2D eigenvalue weighted by atomic mass is 16.4. The molecule has 3 heterocycles. The van der Waals surface area contributed by atoms with Gasteiger partial charge in [-0.1, -0.05) is 36.4 Å². The Balaban J connectivity index is 1.51. The van der Waals surface area contributed by atoms with Crippen molar-refractivity contribution in [3.63, 3.8) is 0 Å². The van der Waals surface area contributed by atoms with Crippen molar-refractivity contribution in [1.82, 2.24) is 20.5 Å². The van der Waals surface area contributed by atoms with Gasteiger partial charge in [-0.15, -0.1) is 0 Å². The topological polar surface area (TPSA) is 102 Å². The van der Waals surface area contributed by atoms with Gasteiger partial charge < -0.3 is 9.73 Å². The summed E-state index contributed by atoms with van der Waals surface area (Å²) in [5, 5.41) is 12.9. The highest BCUT2D eigenvalue weighted by Gasteiger charge is 2.21. The van der Waals surface area contributed by atoms with Crippen LogP contribution in [0.2, 0.25) is 0 Å². The van der Waals surface area contributed by atoms with Crippen LogP contribution in [0.1, 0.15) is 18.4 Å². The van der Waals surface area contributed by atoms with Crippen molar-refractivity contribution in [3.8, 4) is 16.9 Å². The van der Waals surface area contributed by atoms with E-state index in [9.17, 15) is 9.59 Å². The van der Waals surface area contributed by atoms with E-state index >= 15 is 0 Å². The number of fused-ring (bicyclic) bond motifs is 1. The maximum atomic E-state index is 12.8. The number of hydrogen-bond donors (Lipinski definition) is 2. The standard InChI is InChI=1S/C25H23N5O3/c31-24(17-10-12-26-13-11-17)28-27-15-19-16-30(20-7-2-1-3-8-20)29-23(19)21-14-18-6-4-5-9-22(18)33-25(21)32/h1-9,14-17,26H,10-13H2,(H,28,31)/b27-15+. The van der Waals surface area contributed by atoms with E-state index in [2.05, 4.69) is 20.9 Å².